The highest BCUT2D eigenvalue weighted by Crippen LogP contribution is 2.40. The van der Waals surface area contributed by atoms with Gasteiger partial charge in [0.15, 0.2) is 11.5 Å². The first-order valence-corrected chi connectivity index (χ1v) is 11.9. The van der Waals surface area contributed by atoms with Crippen LogP contribution in [0.5, 0.6) is 17.2 Å². The molecule has 0 unspecified atom stereocenters. The van der Waals surface area contributed by atoms with Crippen LogP contribution in [0.25, 0.3) is 0 Å². The summed E-state index contributed by atoms with van der Waals surface area (Å²) in [4.78, 5) is 13.5. The Kier molecular flexibility index (Phi) is 7.42. The number of methoxy groups -OCH3 is 3. The van der Waals surface area contributed by atoms with E-state index in [1.807, 2.05) is 12.1 Å². The molecule has 0 amide bonds. The molecule has 1 fully saturated rings. The first-order valence-electron chi connectivity index (χ1n) is 9.61. The van der Waals surface area contributed by atoms with E-state index in [1.165, 1.54) is 10.4 Å². The summed E-state index contributed by atoms with van der Waals surface area (Å²) in [5.41, 5.74) is 0.924. The molecule has 0 aliphatic carbocycles. The summed E-state index contributed by atoms with van der Waals surface area (Å²) in [5, 5.41) is 8.90. The minimum atomic E-state index is -3.63. The molecule has 0 saturated carbocycles. The number of carbonyl (C=O) groups is 1. The lowest BCUT2D eigenvalue weighted by atomic mass is 10.1. The Bertz CT molecular complexity index is 1030. The quantitative estimate of drug-likeness (QED) is 0.593. The number of piperazine rings is 1. The number of nitrogens with zero attached hydrogens (tertiary/aromatic N) is 2. The highest BCUT2D eigenvalue weighted by Gasteiger charge is 2.30. The Morgan fingerprint density at radius 3 is 2.26 bits per heavy atom. The Balaban J connectivity index is 1.67. The molecule has 1 aliphatic heterocycles. The zero-order valence-corrected chi connectivity index (χ0v) is 19.3. The highest BCUT2D eigenvalue weighted by molar-refractivity contribution is 7.91. The maximum Gasteiger partial charge on any atom is 0.308 e. The van der Waals surface area contributed by atoms with Gasteiger partial charge in [-0.25, -0.2) is 8.42 Å². The largest absolute Gasteiger partial charge is 0.493 e. The van der Waals surface area contributed by atoms with Crippen LogP contribution in [-0.2, 0) is 27.8 Å². The second-order valence-electron chi connectivity index (χ2n) is 6.96. The molecule has 3 rings (SSSR count). The lowest BCUT2D eigenvalue weighted by molar-refractivity contribution is -0.136. The van der Waals surface area contributed by atoms with E-state index in [4.69, 9.17) is 19.3 Å². The summed E-state index contributed by atoms with van der Waals surface area (Å²) < 4.78 is 43.8. The van der Waals surface area contributed by atoms with Crippen LogP contribution < -0.4 is 14.2 Å². The number of hydrogen-bond acceptors (Lipinski definition) is 8. The summed E-state index contributed by atoms with van der Waals surface area (Å²) in [7, 11) is 1.06. The first kappa shape index (κ1) is 23.3. The van der Waals surface area contributed by atoms with E-state index in [0.29, 0.717) is 54.8 Å². The fourth-order valence-electron chi connectivity index (χ4n) is 3.52. The molecule has 9 nitrogen and oxygen atoms in total. The van der Waals surface area contributed by atoms with Gasteiger partial charge in [0.2, 0.25) is 5.75 Å². The minimum Gasteiger partial charge on any atom is -0.493 e. The van der Waals surface area contributed by atoms with Gasteiger partial charge in [0, 0.05) is 43.2 Å². The molecular weight excluding hydrogens is 444 g/mol. The average Bonchev–Trinajstić information content (AvgIpc) is 3.22. The van der Waals surface area contributed by atoms with Crippen LogP contribution in [0, 0.1) is 0 Å². The van der Waals surface area contributed by atoms with Crippen molar-refractivity contribution in [1.82, 2.24) is 9.21 Å². The average molecular weight is 471 g/mol. The van der Waals surface area contributed by atoms with E-state index in [2.05, 4.69) is 4.90 Å². The fourth-order valence-corrected chi connectivity index (χ4v) is 6.45. The molecule has 0 radical (unpaired) electrons. The normalized spacial score (nSPS) is 15.6. The monoisotopic (exact) mass is 470 g/mol. The van der Waals surface area contributed by atoms with Crippen molar-refractivity contribution in [3.8, 4) is 17.2 Å². The predicted octanol–water partition coefficient (Wildman–Crippen LogP) is 1.91. The van der Waals surface area contributed by atoms with Gasteiger partial charge in [-0.05, 0) is 18.2 Å². The van der Waals surface area contributed by atoms with Crippen LogP contribution in [0.4, 0.5) is 0 Å². The van der Waals surface area contributed by atoms with E-state index >= 15 is 0 Å². The van der Waals surface area contributed by atoms with Gasteiger partial charge in [-0.1, -0.05) is 6.07 Å². The number of sulfonamides is 1. The number of ether oxygens (including phenoxy) is 3. The molecular formula is C20H26N2O7S2. The molecule has 2 aromatic rings. The van der Waals surface area contributed by atoms with Crippen LogP contribution in [0.1, 0.15) is 10.4 Å². The third-order valence-electron chi connectivity index (χ3n) is 5.07. The SMILES string of the molecule is COc1ccc(CN2CCN(S(=O)(=O)c3ccc(CC(=O)O)s3)CC2)c(OC)c1OC. The Morgan fingerprint density at radius 1 is 1.00 bits per heavy atom. The van der Waals surface area contributed by atoms with Crippen LogP contribution in [0.3, 0.4) is 0 Å². The lowest BCUT2D eigenvalue weighted by Crippen LogP contribution is -2.48. The minimum absolute atomic E-state index is 0.179. The van der Waals surface area contributed by atoms with Gasteiger partial charge < -0.3 is 19.3 Å². The van der Waals surface area contributed by atoms with Gasteiger partial charge in [-0.3, -0.25) is 9.69 Å². The molecule has 0 bridgehead atoms. The predicted molar refractivity (Wildman–Crippen MR) is 116 cm³/mol. The summed E-state index contributed by atoms with van der Waals surface area (Å²) >= 11 is 1.01. The first-order chi connectivity index (χ1) is 14.8. The van der Waals surface area contributed by atoms with Crippen LogP contribution in [0.2, 0.25) is 0 Å². The molecule has 1 N–H and O–H groups in total. The zero-order chi connectivity index (χ0) is 22.6. The van der Waals surface area contributed by atoms with E-state index < -0.39 is 16.0 Å². The molecule has 0 atom stereocenters. The van der Waals surface area contributed by atoms with E-state index in [0.717, 1.165) is 16.9 Å². The third kappa shape index (κ3) is 5.12. The van der Waals surface area contributed by atoms with E-state index in [1.54, 1.807) is 27.4 Å². The molecule has 170 valence electrons. The molecule has 1 saturated heterocycles. The number of carboxylic acids is 1. The molecule has 11 heteroatoms. The second kappa shape index (κ2) is 9.86. The number of carboxylic acid groups (broad SMARTS) is 1. The lowest BCUT2D eigenvalue weighted by Gasteiger charge is -2.34. The molecule has 2 heterocycles. The summed E-state index contributed by atoms with van der Waals surface area (Å²) in [6.07, 6.45) is -0.179. The van der Waals surface area contributed by atoms with Gasteiger partial charge in [0.05, 0.1) is 27.8 Å². The summed E-state index contributed by atoms with van der Waals surface area (Å²) in [6, 6.07) is 6.78. The van der Waals surface area contributed by atoms with Gasteiger partial charge >= 0.3 is 5.97 Å². The van der Waals surface area contributed by atoms with Crippen LogP contribution in [0.15, 0.2) is 28.5 Å². The number of thiophene rings is 1. The van der Waals surface area contributed by atoms with Gasteiger partial charge in [-0.15, -0.1) is 11.3 Å². The second-order valence-corrected chi connectivity index (χ2v) is 10.3. The Labute approximate surface area is 185 Å². The molecule has 1 aromatic heterocycles. The summed E-state index contributed by atoms with van der Waals surface area (Å²) in [5.74, 6) is 0.724. The third-order valence-corrected chi connectivity index (χ3v) is 8.52. The van der Waals surface area contributed by atoms with Gasteiger partial charge in [0.1, 0.15) is 4.21 Å². The fraction of sp³-hybridized carbons (Fsp3) is 0.450. The smallest absolute Gasteiger partial charge is 0.308 e. The Hall–Kier alpha value is -2.34. The summed E-state index contributed by atoms with van der Waals surface area (Å²) in [6.45, 7) is 2.40. The van der Waals surface area contributed by atoms with Crippen molar-refractivity contribution < 1.29 is 32.5 Å². The number of hydrogen-bond donors (Lipinski definition) is 1. The Morgan fingerprint density at radius 2 is 1.68 bits per heavy atom. The van der Waals surface area contributed by atoms with E-state index in [9.17, 15) is 13.2 Å². The van der Waals surface area contributed by atoms with Gasteiger partial charge in [-0.2, -0.15) is 4.31 Å². The molecule has 1 aromatic carbocycles. The van der Waals surface area contributed by atoms with Crippen molar-refractivity contribution in [2.75, 3.05) is 47.5 Å². The van der Waals surface area contributed by atoms with Gasteiger partial charge in [0.25, 0.3) is 10.0 Å². The van der Waals surface area contributed by atoms with E-state index in [-0.39, 0.29) is 10.6 Å². The molecule has 0 spiro atoms. The standard InChI is InChI=1S/C20H26N2O7S2/c1-27-16-6-4-14(19(28-2)20(16)29-3)13-21-8-10-22(11-9-21)31(25,26)18-7-5-15(30-18)12-17(23)24/h4-7H,8-13H2,1-3H3,(H,23,24). The molecule has 31 heavy (non-hydrogen) atoms. The van der Waals surface area contributed by atoms with Crippen molar-refractivity contribution >= 4 is 27.3 Å². The maximum absolute atomic E-state index is 12.9. The maximum atomic E-state index is 12.9. The molecule has 1 aliphatic rings. The number of aliphatic carboxylic acids is 1. The number of rotatable bonds is 9. The van der Waals surface area contributed by atoms with Crippen molar-refractivity contribution in [2.24, 2.45) is 0 Å². The zero-order valence-electron chi connectivity index (χ0n) is 17.7. The van der Waals surface area contributed by atoms with Crippen molar-refractivity contribution in [3.05, 3.63) is 34.7 Å². The topological polar surface area (TPSA) is 106 Å². The van der Waals surface area contributed by atoms with Crippen molar-refractivity contribution in [1.29, 1.82) is 0 Å². The highest BCUT2D eigenvalue weighted by atomic mass is 32.2. The number of benzene rings is 1. The van der Waals surface area contributed by atoms with Crippen molar-refractivity contribution in [2.45, 2.75) is 17.2 Å². The van der Waals surface area contributed by atoms with Crippen molar-refractivity contribution in [3.63, 3.8) is 0 Å². The van der Waals surface area contributed by atoms with Crippen LogP contribution in [-0.4, -0.2) is 76.2 Å². The van der Waals surface area contributed by atoms with Crippen LogP contribution >= 0.6 is 11.3 Å².